The minimum absolute atomic E-state index is 0.0629. The van der Waals surface area contributed by atoms with E-state index in [1.165, 1.54) is 0 Å². The molecule has 1 atom stereocenters. The number of carbonyl (C=O) groups excluding carboxylic acids is 1. The Hall–Kier alpha value is -2.22. The van der Waals surface area contributed by atoms with Crippen LogP contribution in [-0.2, 0) is 11.2 Å². The van der Waals surface area contributed by atoms with Crippen LogP contribution in [0, 0.1) is 12.8 Å². The molecule has 2 fully saturated rings. The van der Waals surface area contributed by atoms with Gasteiger partial charge in [0.1, 0.15) is 5.76 Å². The molecule has 2 saturated heterocycles. The van der Waals surface area contributed by atoms with E-state index >= 15 is 0 Å². The van der Waals surface area contributed by atoms with Crippen molar-refractivity contribution in [2.45, 2.75) is 64.4 Å². The molecule has 1 amide bonds. The monoisotopic (exact) mass is 388 g/mol. The number of rotatable bonds is 4. The van der Waals surface area contributed by atoms with Gasteiger partial charge in [0.2, 0.25) is 5.89 Å². The van der Waals surface area contributed by atoms with E-state index in [9.17, 15) is 4.79 Å². The molecular weight excluding hydrogens is 360 g/mol. The Bertz CT molecular complexity index is 820. The van der Waals surface area contributed by atoms with Gasteiger partial charge >= 0.3 is 0 Å². The van der Waals surface area contributed by atoms with E-state index in [0.29, 0.717) is 36.4 Å². The Balaban J connectivity index is 1.34. The smallest absolute Gasteiger partial charge is 0.276 e. The largest absolute Gasteiger partial charge is 0.375 e. The number of aryl methyl sites for hydroxylation is 1. The molecule has 2 aromatic rings. The molecule has 0 bridgehead atoms. The Morgan fingerprint density at radius 1 is 1.29 bits per heavy atom. The van der Waals surface area contributed by atoms with Crippen molar-refractivity contribution in [1.82, 2.24) is 20.2 Å². The molecule has 8 nitrogen and oxygen atoms in total. The van der Waals surface area contributed by atoms with Gasteiger partial charge in [0.15, 0.2) is 11.5 Å². The standard InChI is InChI=1S/C20H28N4O4/c1-13(2)18-21-17(23-28-18)11-15-4-9-26-20(12-15)5-7-24(8-6-20)19(25)16-10-14(3)27-22-16/h10,13,15H,4-9,11-12H2,1-3H3. The minimum Gasteiger partial charge on any atom is -0.375 e. The topological polar surface area (TPSA) is 94.5 Å². The summed E-state index contributed by atoms with van der Waals surface area (Å²) in [5, 5.41) is 7.99. The normalized spacial score (nSPS) is 22.1. The summed E-state index contributed by atoms with van der Waals surface area (Å²) in [7, 11) is 0. The molecule has 28 heavy (non-hydrogen) atoms. The summed E-state index contributed by atoms with van der Waals surface area (Å²) >= 11 is 0. The number of likely N-dealkylation sites (tertiary alicyclic amines) is 1. The van der Waals surface area contributed by atoms with E-state index in [0.717, 1.165) is 44.5 Å². The van der Waals surface area contributed by atoms with E-state index in [-0.39, 0.29) is 17.4 Å². The quantitative estimate of drug-likeness (QED) is 0.794. The first-order valence-electron chi connectivity index (χ1n) is 10.1. The van der Waals surface area contributed by atoms with Crippen LogP contribution in [0.15, 0.2) is 15.1 Å². The van der Waals surface area contributed by atoms with E-state index in [2.05, 4.69) is 29.1 Å². The third-order valence-corrected chi connectivity index (χ3v) is 5.85. The molecule has 2 aliphatic rings. The second-order valence-electron chi connectivity index (χ2n) is 8.41. The number of amides is 1. The van der Waals surface area contributed by atoms with Crippen LogP contribution < -0.4 is 0 Å². The van der Waals surface area contributed by atoms with Crippen LogP contribution in [0.1, 0.15) is 73.4 Å². The Morgan fingerprint density at radius 2 is 2.07 bits per heavy atom. The summed E-state index contributed by atoms with van der Waals surface area (Å²) in [5.41, 5.74) is 0.235. The van der Waals surface area contributed by atoms with Gasteiger partial charge in [-0.3, -0.25) is 4.79 Å². The fourth-order valence-corrected chi connectivity index (χ4v) is 4.24. The van der Waals surface area contributed by atoms with Crippen molar-refractivity contribution in [2.75, 3.05) is 19.7 Å². The molecule has 1 spiro atoms. The van der Waals surface area contributed by atoms with Crippen molar-refractivity contribution in [3.63, 3.8) is 0 Å². The van der Waals surface area contributed by atoms with Crippen molar-refractivity contribution in [1.29, 1.82) is 0 Å². The second kappa shape index (κ2) is 7.66. The van der Waals surface area contributed by atoms with Crippen LogP contribution in [0.25, 0.3) is 0 Å². The Kier molecular flexibility index (Phi) is 5.23. The van der Waals surface area contributed by atoms with Gasteiger partial charge in [0.05, 0.1) is 5.60 Å². The third-order valence-electron chi connectivity index (χ3n) is 5.85. The van der Waals surface area contributed by atoms with Crippen molar-refractivity contribution in [3.8, 4) is 0 Å². The van der Waals surface area contributed by atoms with Crippen molar-refractivity contribution >= 4 is 5.91 Å². The lowest BCUT2D eigenvalue weighted by Gasteiger charge is -2.46. The number of aromatic nitrogens is 3. The van der Waals surface area contributed by atoms with Crippen molar-refractivity contribution in [2.24, 2.45) is 5.92 Å². The zero-order valence-corrected chi connectivity index (χ0v) is 16.8. The van der Waals surface area contributed by atoms with Crippen LogP contribution >= 0.6 is 0 Å². The summed E-state index contributed by atoms with van der Waals surface area (Å²) in [6.45, 7) is 8.00. The molecule has 2 aliphatic heterocycles. The molecule has 4 heterocycles. The first-order chi connectivity index (χ1) is 13.4. The number of hydrogen-bond donors (Lipinski definition) is 0. The minimum atomic E-state index is -0.149. The molecule has 0 N–H and O–H groups in total. The zero-order valence-electron chi connectivity index (χ0n) is 16.8. The number of carbonyl (C=O) groups is 1. The zero-order chi connectivity index (χ0) is 19.7. The lowest BCUT2D eigenvalue weighted by atomic mass is 9.78. The molecule has 0 aromatic carbocycles. The highest BCUT2D eigenvalue weighted by Crippen LogP contribution is 2.39. The predicted octanol–water partition coefficient (Wildman–Crippen LogP) is 3.13. The van der Waals surface area contributed by atoms with Gasteiger partial charge < -0.3 is 18.7 Å². The van der Waals surface area contributed by atoms with Crippen molar-refractivity contribution in [3.05, 3.63) is 29.2 Å². The molecule has 1 unspecified atom stereocenters. The van der Waals surface area contributed by atoms with E-state index in [1.807, 2.05) is 4.90 Å². The van der Waals surface area contributed by atoms with Gasteiger partial charge in [0, 0.05) is 38.1 Å². The molecule has 0 radical (unpaired) electrons. The highest BCUT2D eigenvalue weighted by molar-refractivity contribution is 5.92. The van der Waals surface area contributed by atoms with Crippen LogP contribution in [0.2, 0.25) is 0 Å². The van der Waals surface area contributed by atoms with Gasteiger partial charge in [-0.2, -0.15) is 4.98 Å². The molecular formula is C20H28N4O4. The lowest BCUT2D eigenvalue weighted by molar-refractivity contribution is -0.123. The number of ether oxygens (including phenoxy) is 1. The number of nitrogens with zero attached hydrogens (tertiary/aromatic N) is 4. The Morgan fingerprint density at radius 3 is 2.71 bits per heavy atom. The lowest BCUT2D eigenvalue weighted by Crippen LogP contribution is -2.51. The summed E-state index contributed by atoms with van der Waals surface area (Å²) in [6.07, 6.45) is 4.49. The van der Waals surface area contributed by atoms with Crippen molar-refractivity contribution < 1.29 is 18.6 Å². The van der Waals surface area contributed by atoms with Crippen LogP contribution in [-0.4, -0.2) is 51.4 Å². The number of hydrogen-bond acceptors (Lipinski definition) is 7. The number of piperidine rings is 1. The highest BCUT2D eigenvalue weighted by atomic mass is 16.5. The third kappa shape index (κ3) is 3.97. The summed E-state index contributed by atoms with van der Waals surface area (Å²) < 4.78 is 16.6. The molecule has 0 saturated carbocycles. The molecule has 2 aromatic heterocycles. The van der Waals surface area contributed by atoms with Gasteiger partial charge in [-0.05, 0) is 38.5 Å². The maximum atomic E-state index is 12.6. The molecule has 4 rings (SSSR count). The van der Waals surface area contributed by atoms with Crippen LogP contribution in [0.4, 0.5) is 0 Å². The van der Waals surface area contributed by atoms with Gasteiger partial charge in [-0.1, -0.05) is 24.2 Å². The maximum Gasteiger partial charge on any atom is 0.276 e. The molecule has 8 heteroatoms. The molecule has 0 aliphatic carbocycles. The van der Waals surface area contributed by atoms with E-state index in [4.69, 9.17) is 13.8 Å². The second-order valence-corrected chi connectivity index (χ2v) is 8.41. The van der Waals surface area contributed by atoms with E-state index in [1.54, 1.807) is 13.0 Å². The average molecular weight is 388 g/mol. The highest BCUT2D eigenvalue weighted by Gasteiger charge is 2.41. The van der Waals surface area contributed by atoms with Gasteiger partial charge in [-0.15, -0.1) is 0 Å². The summed E-state index contributed by atoms with van der Waals surface area (Å²) in [6, 6.07) is 1.69. The van der Waals surface area contributed by atoms with Gasteiger partial charge in [-0.25, -0.2) is 0 Å². The fourth-order valence-electron chi connectivity index (χ4n) is 4.24. The summed E-state index contributed by atoms with van der Waals surface area (Å²) in [4.78, 5) is 19.0. The predicted molar refractivity (Wildman–Crippen MR) is 99.9 cm³/mol. The van der Waals surface area contributed by atoms with Crippen LogP contribution in [0.3, 0.4) is 0 Å². The first-order valence-corrected chi connectivity index (χ1v) is 10.1. The maximum absolute atomic E-state index is 12.6. The molecule has 152 valence electrons. The SMILES string of the molecule is Cc1cc(C(=O)N2CCC3(CC2)CC(Cc2noc(C(C)C)n2)CCO3)no1. The van der Waals surface area contributed by atoms with E-state index < -0.39 is 0 Å². The van der Waals surface area contributed by atoms with Crippen LogP contribution in [0.5, 0.6) is 0 Å². The Labute approximate surface area is 164 Å². The first kappa shape index (κ1) is 19.1. The average Bonchev–Trinajstić information content (AvgIpc) is 3.31. The van der Waals surface area contributed by atoms with Gasteiger partial charge in [0.25, 0.3) is 5.91 Å². The fraction of sp³-hybridized carbons (Fsp3) is 0.700. The summed E-state index contributed by atoms with van der Waals surface area (Å²) in [5.74, 6) is 2.81.